The number of aliphatic hydroxyl groups excluding tert-OH is 1. The first-order valence-electron chi connectivity index (χ1n) is 10.2. The van der Waals surface area contributed by atoms with Crippen LogP contribution >= 0.6 is 11.3 Å². The molecule has 0 aliphatic heterocycles. The van der Waals surface area contributed by atoms with Gasteiger partial charge in [-0.25, -0.2) is 9.78 Å². The Bertz CT molecular complexity index is 1190. The molecule has 0 saturated carbocycles. The van der Waals surface area contributed by atoms with Crippen molar-refractivity contribution in [3.8, 4) is 12.3 Å². The lowest BCUT2D eigenvalue weighted by Crippen LogP contribution is -2.35. The van der Waals surface area contributed by atoms with Crippen molar-refractivity contribution in [2.75, 3.05) is 26.4 Å². The molecule has 33 heavy (non-hydrogen) atoms. The number of carbonyl (C=O) groups is 1. The van der Waals surface area contributed by atoms with Crippen LogP contribution in [0.1, 0.15) is 26.8 Å². The van der Waals surface area contributed by atoms with E-state index >= 15 is 0 Å². The lowest BCUT2D eigenvalue weighted by atomic mass is 10.2. The van der Waals surface area contributed by atoms with Crippen LogP contribution in [-0.4, -0.2) is 58.4 Å². The minimum absolute atomic E-state index is 0.0716. The zero-order valence-electron chi connectivity index (χ0n) is 18.2. The average molecular weight is 472 g/mol. The lowest BCUT2D eigenvalue weighted by molar-refractivity contribution is 0.0225. The van der Waals surface area contributed by atoms with Gasteiger partial charge < -0.3 is 24.0 Å². The van der Waals surface area contributed by atoms with E-state index in [9.17, 15) is 14.7 Å². The van der Waals surface area contributed by atoms with Gasteiger partial charge >= 0.3 is 5.97 Å². The van der Waals surface area contributed by atoms with Crippen molar-refractivity contribution in [2.24, 2.45) is 0 Å². The van der Waals surface area contributed by atoms with Gasteiger partial charge in [0.2, 0.25) is 0 Å². The molecular formula is C23H25N3O6S. The topological polar surface area (TPSA) is 118 Å². The monoisotopic (exact) mass is 471 g/mol. The quantitative estimate of drug-likeness (QED) is 0.179. The Labute approximate surface area is 194 Å². The molecule has 3 aromatic rings. The van der Waals surface area contributed by atoms with Gasteiger partial charge in [0.25, 0.3) is 5.56 Å². The first kappa shape index (κ1) is 24.4. The highest BCUT2D eigenvalue weighted by Crippen LogP contribution is 2.27. The van der Waals surface area contributed by atoms with Crippen molar-refractivity contribution >= 4 is 27.5 Å². The van der Waals surface area contributed by atoms with Crippen LogP contribution in [0.15, 0.2) is 40.3 Å². The number of hydrogen-bond acceptors (Lipinski definition) is 9. The molecule has 9 nitrogen and oxygen atoms in total. The number of nitrogens with zero attached hydrogens (tertiary/aromatic N) is 2. The van der Waals surface area contributed by atoms with E-state index in [1.165, 1.54) is 6.08 Å². The molecule has 1 atom stereocenters. The number of H-pyrrole nitrogens is 1. The number of hydrogen-bond donors (Lipinski definition) is 2. The molecule has 1 unspecified atom stereocenters. The zero-order valence-corrected chi connectivity index (χ0v) is 19.0. The largest absolute Gasteiger partial charge is 0.468 e. The fourth-order valence-electron chi connectivity index (χ4n) is 3.28. The smallest absolute Gasteiger partial charge is 0.348 e. The fourth-order valence-corrected chi connectivity index (χ4v) is 4.38. The Balaban J connectivity index is 1.83. The second kappa shape index (κ2) is 11.6. The molecule has 0 fully saturated rings. The van der Waals surface area contributed by atoms with Crippen molar-refractivity contribution in [1.29, 1.82) is 0 Å². The highest BCUT2D eigenvalue weighted by molar-refractivity contribution is 7.20. The van der Waals surface area contributed by atoms with E-state index in [4.69, 9.17) is 20.3 Å². The predicted molar refractivity (Wildman–Crippen MR) is 124 cm³/mol. The van der Waals surface area contributed by atoms with Crippen molar-refractivity contribution in [3.63, 3.8) is 0 Å². The molecule has 3 heterocycles. The van der Waals surface area contributed by atoms with E-state index in [1.807, 2.05) is 11.0 Å². The molecule has 0 saturated heterocycles. The number of aromatic nitrogens is 2. The van der Waals surface area contributed by atoms with E-state index in [0.29, 0.717) is 38.8 Å². The molecule has 0 aliphatic carbocycles. The summed E-state index contributed by atoms with van der Waals surface area (Å²) >= 11 is 1.11. The number of nitrogens with one attached hydrogen (secondary N) is 1. The van der Waals surface area contributed by atoms with Crippen LogP contribution in [-0.2, 0) is 22.6 Å². The predicted octanol–water partition coefficient (Wildman–Crippen LogP) is 2.24. The molecule has 10 heteroatoms. The number of fused-ring (bicyclic) bond motifs is 1. The minimum atomic E-state index is -0.806. The van der Waals surface area contributed by atoms with Crippen LogP contribution in [0, 0.1) is 19.3 Å². The number of ether oxygens (including phenoxy) is 2. The fraction of sp³-hybridized carbons (Fsp3) is 0.348. The third kappa shape index (κ3) is 6.40. The summed E-state index contributed by atoms with van der Waals surface area (Å²) < 4.78 is 15.7. The van der Waals surface area contributed by atoms with Gasteiger partial charge in [-0.3, -0.25) is 9.69 Å². The highest BCUT2D eigenvalue weighted by atomic mass is 32.1. The van der Waals surface area contributed by atoms with Crippen molar-refractivity contribution in [3.05, 3.63) is 63.4 Å². The number of thiophene rings is 1. The average Bonchev–Trinajstić information content (AvgIpc) is 3.40. The molecule has 0 bridgehead atoms. The van der Waals surface area contributed by atoms with Gasteiger partial charge in [-0.15, -0.1) is 17.8 Å². The maximum Gasteiger partial charge on any atom is 0.348 e. The Morgan fingerprint density at radius 3 is 3.03 bits per heavy atom. The molecular weight excluding hydrogens is 446 g/mol. The molecule has 3 rings (SSSR count). The van der Waals surface area contributed by atoms with Gasteiger partial charge in [-0.1, -0.05) is 18.6 Å². The highest BCUT2D eigenvalue weighted by Gasteiger charge is 2.21. The Morgan fingerprint density at radius 2 is 2.33 bits per heavy atom. The molecule has 0 radical (unpaired) electrons. The van der Waals surface area contributed by atoms with Crippen molar-refractivity contribution in [1.82, 2.24) is 14.9 Å². The number of esters is 1. The van der Waals surface area contributed by atoms with E-state index in [2.05, 4.69) is 22.5 Å². The number of carbonyl (C=O) groups excluding carboxylic acids is 1. The number of terminal acetylenes is 1. The molecule has 0 aromatic carbocycles. The van der Waals surface area contributed by atoms with E-state index < -0.39 is 12.1 Å². The van der Waals surface area contributed by atoms with Crippen LogP contribution < -0.4 is 5.56 Å². The molecule has 174 valence electrons. The minimum Gasteiger partial charge on any atom is -0.468 e. The second-order valence-electron chi connectivity index (χ2n) is 7.26. The van der Waals surface area contributed by atoms with Gasteiger partial charge in [0.1, 0.15) is 34.5 Å². The number of aromatic amines is 1. The van der Waals surface area contributed by atoms with Crippen LogP contribution in [0.4, 0.5) is 0 Å². The summed E-state index contributed by atoms with van der Waals surface area (Å²) in [7, 11) is 0. The Hall–Kier alpha value is -3.23. The normalized spacial score (nSPS) is 12.1. The molecule has 0 amide bonds. The van der Waals surface area contributed by atoms with Gasteiger partial charge in [0.15, 0.2) is 0 Å². The number of furan rings is 1. The molecule has 2 N–H and O–H groups in total. The third-order valence-corrected chi connectivity index (χ3v) is 5.83. The van der Waals surface area contributed by atoms with Gasteiger partial charge in [0, 0.05) is 6.54 Å². The van der Waals surface area contributed by atoms with E-state index in [-0.39, 0.29) is 38.5 Å². The van der Waals surface area contributed by atoms with Gasteiger partial charge in [0.05, 0.1) is 37.4 Å². The van der Waals surface area contributed by atoms with Crippen LogP contribution in [0.2, 0.25) is 0 Å². The summed E-state index contributed by atoms with van der Waals surface area (Å²) in [6, 6.07) is 3.59. The first-order chi connectivity index (χ1) is 15.9. The standard InChI is InChI=1S/C23H25N3O6S/c1-4-8-30-14-16(27)11-26(12-17-7-6-10-31-17)13-18-24-21(28)19-15(3)20(33-22(19)25-18)23(29)32-9-5-2/h1,5-7,10,16,27H,2,8-9,11-14H2,3H3,(H,24,25,28). The van der Waals surface area contributed by atoms with Crippen molar-refractivity contribution in [2.45, 2.75) is 26.1 Å². The molecule has 0 aliphatic rings. The van der Waals surface area contributed by atoms with Crippen LogP contribution in [0.25, 0.3) is 10.2 Å². The summed E-state index contributed by atoms with van der Waals surface area (Å²) in [5, 5.41) is 10.7. The van der Waals surface area contributed by atoms with E-state index in [0.717, 1.165) is 11.3 Å². The van der Waals surface area contributed by atoms with Crippen LogP contribution in [0.5, 0.6) is 0 Å². The van der Waals surface area contributed by atoms with Crippen molar-refractivity contribution < 1.29 is 23.8 Å². The maximum atomic E-state index is 12.8. The summed E-state index contributed by atoms with van der Waals surface area (Å²) in [6.45, 7) is 6.31. The second-order valence-corrected chi connectivity index (χ2v) is 8.26. The van der Waals surface area contributed by atoms with E-state index in [1.54, 1.807) is 19.3 Å². The maximum absolute atomic E-state index is 12.8. The SMILES string of the molecule is C#CCOCC(O)CN(Cc1nc2sc(C(=O)OCC=C)c(C)c2c(=O)[nH]1)Cc1ccco1. The van der Waals surface area contributed by atoms with Gasteiger partial charge in [-0.05, 0) is 24.6 Å². The van der Waals surface area contributed by atoms with Crippen LogP contribution in [0.3, 0.4) is 0 Å². The number of aryl methyl sites for hydroxylation is 1. The molecule has 3 aromatic heterocycles. The first-order valence-corrected chi connectivity index (χ1v) is 11.0. The third-order valence-electron chi connectivity index (χ3n) is 4.66. The summed E-state index contributed by atoms with van der Waals surface area (Å²) in [5.41, 5.74) is 0.181. The summed E-state index contributed by atoms with van der Waals surface area (Å²) in [5.74, 6) is 2.91. The Morgan fingerprint density at radius 1 is 1.52 bits per heavy atom. The Kier molecular flexibility index (Phi) is 8.57. The summed E-state index contributed by atoms with van der Waals surface area (Å²) in [6.07, 6.45) is 7.40. The molecule has 0 spiro atoms. The van der Waals surface area contributed by atoms with Gasteiger partial charge in [-0.2, -0.15) is 0 Å². The number of rotatable bonds is 12. The lowest BCUT2D eigenvalue weighted by Gasteiger charge is -2.23. The zero-order chi connectivity index (χ0) is 23.8. The number of aliphatic hydroxyl groups is 1. The summed E-state index contributed by atoms with van der Waals surface area (Å²) in [4.78, 5) is 35.1.